The molecule has 1 aliphatic heterocycles. The van der Waals surface area contributed by atoms with Crippen molar-refractivity contribution in [1.82, 2.24) is 20.0 Å². The third-order valence-electron chi connectivity index (χ3n) is 4.71. The standard InChI is InChI=1S/C19H26N4O2/c24-18-19(25,16-20-11-15-23-13-5-10-21-23)9-4-12-22(18)14-8-17-6-2-1-3-7-17/h1-3,5-7,10,13,20,25H,4,8-9,11-12,14-16H2. The highest BCUT2D eigenvalue weighted by molar-refractivity contribution is 5.86. The number of benzene rings is 1. The van der Waals surface area contributed by atoms with Crippen LogP contribution in [0.15, 0.2) is 48.8 Å². The van der Waals surface area contributed by atoms with Crippen molar-refractivity contribution in [2.45, 2.75) is 31.4 Å². The number of nitrogens with one attached hydrogen (secondary N) is 1. The third kappa shape index (κ3) is 4.67. The number of hydrogen-bond acceptors (Lipinski definition) is 4. The van der Waals surface area contributed by atoms with Crippen LogP contribution in [0.5, 0.6) is 0 Å². The van der Waals surface area contributed by atoms with Gasteiger partial charge in [-0.2, -0.15) is 5.10 Å². The average molecular weight is 342 g/mol. The van der Waals surface area contributed by atoms with Gasteiger partial charge in [-0.05, 0) is 30.9 Å². The molecule has 2 N–H and O–H groups in total. The summed E-state index contributed by atoms with van der Waals surface area (Å²) < 4.78 is 1.83. The molecule has 0 saturated carbocycles. The Bertz CT molecular complexity index is 659. The minimum Gasteiger partial charge on any atom is -0.379 e. The summed E-state index contributed by atoms with van der Waals surface area (Å²) in [4.78, 5) is 14.5. The topological polar surface area (TPSA) is 70.4 Å². The minimum atomic E-state index is -1.29. The van der Waals surface area contributed by atoms with Crippen LogP contribution in [-0.4, -0.2) is 57.5 Å². The number of aliphatic hydroxyl groups is 1. The van der Waals surface area contributed by atoms with Gasteiger partial charge in [0.05, 0.1) is 6.54 Å². The highest BCUT2D eigenvalue weighted by Crippen LogP contribution is 2.22. The number of nitrogens with zero attached hydrogens (tertiary/aromatic N) is 3. The van der Waals surface area contributed by atoms with E-state index in [-0.39, 0.29) is 12.5 Å². The van der Waals surface area contributed by atoms with Gasteiger partial charge in [0.15, 0.2) is 5.60 Å². The first-order chi connectivity index (χ1) is 12.2. The predicted molar refractivity (Wildman–Crippen MR) is 96.0 cm³/mol. The fourth-order valence-electron chi connectivity index (χ4n) is 3.27. The van der Waals surface area contributed by atoms with Crippen LogP contribution in [0.2, 0.25) is 0 Å². The first-order valence-electron chi connectivity index (χ1n) is 8.91. The van der Waals surface area contributed by atoms with E-state index in [9.17, 15) is 9.90 Å². The van der Waals surface area contributed by atoms with Crippen molar-refractivity contribution in [3.05, 3.63) is 54.4 Å². The Morgan fingerprint density at radius 3 is 2.80 bits per heavy atom. The van der Waals surface area contributed by atoms with Crippen molar-refractivity contribution in [2.24, 2.45) is 0 Å². The molecule has 0 bridgehead atoms. The molecule has 1 amide bonds. The Morgan fingerprint density at radius 1 is 1.20 bits per heavy atom. The fourth-order valence-corrected chi connectivity index (χ4v) is 3.27. The monoisotopic (exact) mass is 342 g/mol. The van der Waals surface area contributed by atoms with Gasteiger partial charge < -0.3 is 15.3 Å². The Labute approximate surface area is 148 Å². The van der Waals surface area contributed by atoms with Crippen LogP contribution in [0.25, 0.3) is 0 Å². The summed E-state index contributed by atoms with van der Waals surface area (Å²) >= 11 is 0. The maximum absolute atomic E-state index is 12.7. The molecule has 2 aromatic rings. The summed E-state index contributed by atoms with van der Waals surface area (Å²) in [6.07, 6.45) is 5.80. The molecule has 1 saturated heterocycles. The van der Waals surface area contributed by atoms with Gasteiger partial charge in [0.25, 0.3) is 5.91 Å². The molecule has 3 rings (SSSR count). The zero-order valence-corrected chi connectivity index (χ0v) is 14.5. The second-order valence-electron chi connectivity index (χ2n) is 6.61. The molecule has 0 aliphatic carbocycles. The highest BCUT2D eigenvalue weighted by atomic mass is 16.3. The van der Waals surface area contributed by atoms with Gasteiger partial charge in [-0.3, -0.25) is 9.48 Å². The van der Waals surface area contributed by atoms with Crippen molar-refractivity contribution < 1.29 is 9.90 Å². The van der Waals surface area contributed by atoms with Gasteiger partial charge >= 0.3 is 0 Å². The first-order valence-corrected chi connectivity index (χ1v) is 8.91. The van der Waals surface area contributed by atoms with Crippen LogP contribution in [0.3, 0.4) is 0 Å². The van der Waals surface area contributed by atoms with Crippen LogP contribution in [0, 0.1) is 0 Å². The molecule has 6 heteroatoms. The second-order valence-corrected chi connectivity index (χ2v) is 6.61. The van der Waals surface area contributed by atoms with Crippen LogP contribution < -0.4 is 5.32 Å². The Balaban J connectivity index is 1.47. The molecule has 1 aliphatic rings. The van der Waals surface area contributed by atoms with E-state index in [4.69, 9.17) is 0 Å². The molecule has 134 valence electrons. The number of amides is 1. The molecule has 1 fully saturated rings. The zero-order chi connectivity index (χ0) is 17.5. The Morgan fingerprint density at radius 2 is 2.04 bits per heavy atom. The van der Waals surface area contributed by atoms with Gasteiger partial charge in [0.1, 0.15) is 0 Å². The smallest absolute Gasteiger partial charge is 0.255 e. The van der Waals surface area contributed by atoms with Gasteiger partial charge in [0, 0.05) is 38.6 Å². The van der Waals surface area contributed by atoms with Crippen LogP contribution >= 0.6 is 0 Å². The quantitative estimate of drug-likeness (QED) is 0.704. The van der Waals surface area contributed by atoms with Crippen molar-refractivity contribution >= 4 is 5.91 Å². The maximum Gasteiger partial charge on any atom is 0.255 e. The first kappa shape index (κ1) is 17.6. The minimum absolute atomic E-state index is 0.152. The SMILES string of the molecule is O=C1N(CCc2ccccc2)CCCC1(O)CNCCn1cccn1. The summed E-state index contributed by atoms with van der Waals surface area (Å²) in [6.45, 7) is 3.05. The largest absolute Gasteiger partial charge is 0.379 e. The number of piperidine rings is 1. The summed E-state index contributed by atoms with van der Waals surface area (Å²) in [5, 5.41) is 18.1. The van der Waals surface area contributed by atoms with Crippen LogP contribution in [0.1, 0.15) is 18.4 Å². The molecule has 25 heavy (non-hydrogen) atoms. The molecule has 2 heterocycles. The van der Waals surface area contributed by atoms with Crippen LogP contribution in [-0.2, 0) is 17.8 Å². The highest BCUT2D eigenvalue weighted by Gasteiger charge is 2.41. The Kier molecular flexibility index (Phi) is 5.83. The number of aromatic nitrogens is 2. The molecular formula is C19H26N4O2. The normalized spacial score (nSPS) is 20.8. The van der Waals surface area contributed by atoms with Gasteiger partial charge in [-0.25, -0.2) is 0 Å². The lowest BCUT2D eigenvalue weighted by molar-refractivity contribution is -0.156. The van der Waals surface area contributed by atoms with E-state index < -0.39 is 5.60 Å². The fraction of sp³-hybridized carbons (Fsp3) is 0.474. The van der Waals surface area contributed by atoms with E-state index in [1.54, 1.807) is 11.1 Å². The van der Waals surface area contributed by atoms with E-state index in [1.165, 1.54) is 5.56 Å². The van der Waals surface area contributed by atoms with E-state index in [2.05, 4.69) is 22.5 Å². The lowest BCUT2D eigenvalue weighted by atomic mass is 9.91. The lowest BCUT2D eigenvalue weighted by Gasteiger charge is -2.38. The summed E-state index contributed by atoms with van der Waals surface area (Å²) in [5.74, 6) is -0.152. The van der Waals surface area contributed by atoms with E-state index in [1.807, 2.05) is 35.1 Å². The van der Waals surface area contributed by atoms with Crippen molar-refractivity contribution in [1.29, 1.82) is 0 Å². The zero-order valence-electron chi connectivity index (χ0n) is 14.5. The van der Waals surface area contributed by atoms with E-state index in [0.717, 1.165) is 25.9 Å². The van der Waals surface area contributed by atoms with Gasteiger partial charge in [-0.15, -0.1) is 0 Å². The third-order valence-corrected chi connectivity index (χ3v) is 4.71. The molecule has 1 unspecified atom stereocenters. The van der Waals surface area contributed by atoms with Crippen molar-refractivity contribution in [2.75, 3.05) is 26.2 Å². The number of likely N-dealkylation sites (tertiary alicyclic amines) is 1. The number of carbonyl (C=O) groups is 1. The molecule has 1 atom stereocenters. The number of rotatable bonds is 8. The molecule has 6 nitrogen and oxygen atoms in total. The van der Waals surface area contributed by atoms with E-state index in [0.29, 0.717) is 19.5 Å². The van der Waals surface area contributed by atoms with Crippen LogP contribution in [0.4, 0.5) is 0 Å². The predicted octanol–water partition coefficient (Wildman–Crippen LogP) is 1.07. The summed E-state index contributed by atoms with van der Waals surface area (Å²) in [5.41, 5.74) is -0.0826. The molecule has 1 aromatic heterocycles. The number of carbonyl (C=O) groups excluding carboxylic acids is 1. The molecular weight excluding hydrogens is 316 g/mol. The molecule has 0 spiro atoms. The number of hydrogen-bond donors (Lipinski definition) is 2. The lowest BCUT2D eigenvalue weighted by Crippen LogP contribution is -2.58. The second kappa shape index (κ2) is 8.27. The summed E-state index contributed by atoms with van der Waals surface area (Å²) in [6, 6.07) is 12.0. The molecule has 1 aromatic carbocycles. The average Bonchev–Trinajstić information content (AvgIpc) is 3.15. The van der Waals surface area contributed by atoms with Gasteiger partial charge in [0.2, 0.25) is 0 Å². The molecule has 0 radical (unpaired) electrons. The van der Waals surface area contributed by atoms with Crippen molar-refractivity contribution in [3.8, 4) is 0 Å². The maximum atomic E-state index is 12.7. The van der Waals surface area contributed by atoms with Gasteiger partial charge in [-0.1, -0.05) is 30.3 Å². The Hall–Kier alpha value is -2.18. The summed E-state index contributed by atoms with van der Waals surface area (Å²) in [7, 11) is 0. The van der Waals surface area contributed by atoms with Crippen molar-refractivity contribution in [3.63, 3.8) is 0 Å². The van der Waals surface area contributed by atoms with E-state index >= 15 is 0 Å².